The van der Waals surface area contributed by atoms with Crippen LogP contribution in [0.3, 0.4) is 0 Å². The molecule has 8 nitrogen and oxygen atoms in total. The van der Waals surface area contributed by atoms with Crippen LogP contribution in [0.5, 0.6) is 17.2 Å². The molecule has 3 aromatic rings. The van der Waals surface area contributed by atoms with Crippen LogP contribution in [0.25, 0.3) is 10.9 Å². The van der Waals surface area contributed by atoms with Crippen molar-refractivity contribution in [1.82, 2.24) is 9.55 Å². The molecular formula is C25H28N2O6S. The Morgan fingerprint density at radius 1 is 0.971 bits per heavy atom. The normalized spacial score (nSPS) is 12.5. The largest absolute Gasteiger partial charge is 0.489 e. The molecular weight excluding hydrogens is 456 g/mol. The molecule has 0 saturated carbocycles. The van der Waals surface area contributed by atoms with Gasteiger partial charge in [-0.05, 0) is 39.8 Å². The van der Waals surface area contributed by atoms with Crippen molar-refractivity contribution in [2.24, 2.45) is 0 Å². The van der Waals surface area contributed by atoms with Gasteiger partial charge in [0.2, 0.25) is 5.75 Å². The second kappa shape index (κ2) is 10.4. The lowest BCUT2D eigenvalue weighted by atomic mass is 10.0. The summed E-state index contributed by atoms with van der Waals surface area (Å²) in [6, 6.07) is 7.29. The van der Waals surface area contributed by atoms with E-state index >= 15 is 0 Å². The first kappa shape index (κ1) is 23.9. The van der Waals surface area contributed by atoms with Crippen LogP contribution >= 0.6 is 11.8 Å². The van der Waals surface area contributed by atoms with Crippen molar-refractivity contribution >= 4 is 28.6 Å². The summed E-state index contributed by atoms with van der Waals surface area (Å²) >= 11 is 1.38. The highest BCUT2D eigenvalue weighted by atomic mass is 32.2. The van der Waals surface area contributed by atoms with E-state index in [4.69, 9.17) is 23.9 Å². The molecule has 0 aliphatic carbocycles. The first-order chi connectivity index (χ1) is 16.5. The molecule has 1 aliphatic heterocycles. The number of fused-ring (bicyclic) bond motifs is 2. The lowest BCUT2D eigenvalue weighted by Gasteiger charge is -2.21. The van der Waals surface area contributed by atoms with Gasteiger partial charge >= 0.3 is 5.97 Å². The molecule has 0 unspecified atom stereocenters. The predicted octanol–water partition coefficient (Wildman–Crippen LogP) is 4.58. The predicted molar refractivity (Wildman–Crippen MR) is 130 cm³/mol. The fourth-order valence-electron chi connectivity index (χ4n) is 4.06. The number of hydrogen-bond donors (Lipinski definition) is 0. The number of carbonyl (C=O) groups excluding carboxylic acids is 1. The second-order valence-corrected chi connectivity index (χ2v) is 8.39. The molecule has 0 fully saturated rings. The summed E-state index contributed by atoms with van der Waals surface area (Å²) in [5, 5.41) is 1.15. The van der Waals surface area contributed by atoms with Gasteiger partial charge in [0.1, 0.15) is 6.61 Å². The Morgan fingerprint density at radius 2 is 1.65 bits per heavy atom. The van der Waals surface area contributed by atoms with Gasteiger partial charge in [0, 0.05) is 17.9 Å². The molecule has 9 heteroatoms. The van der Waals surface area contributed by atoms with Crippen LogP contribution in [0.2, 0.25) is 0 Å². The Labute approximate surface area is 202 Å². The molecule has 2 aromatic carbocycles. The smallest absolute Gasteiger partial charge is 0.339 e. The van der Waals surface area contributed by atoms with Crippen molar-refractivity contribution in [3.63, 3.8) is 0 Å². The van der Waals surface area contributed by atoms with E-state index < -0.39 is 5.97 Å². The molecule has 4 rings (SSSR count). The van der Waals surface area contributed by atoms with Crippen molar-refractivity contribution in [2.45, 2.75) is 51.8 Å². The van der Waals surface area contributed by atoms with Gasteiger partial charge in [-0.3, -0.25) is 9.36 Å². The van der Waals surface area contributed by atoms with Crippen LogP contribution in [0.1, 0.15) is 49.2 Å². The Morgan fingerprint density at radius 3 is 2.35 bits per heavy atom. The topological polar surface area (TPSA) is 88.9 Å². The van der Waals surface area contributed by atoms with Gasteiger partial charge in [-0.15, -0.1) is 0 Å². The van der Waals surface area contributed by atoms with Gasteiger partial charge in [0.15, 0.2) is 16.7 Å². The van der Waals surface area contributed by atoms with Crippen LogP contribution in [0.4, 0.5) is 0 Å². The number of para-hydroxylation sites is 1. The number of cyclic esters (lactones) is 1. The molecule has 1 aliphatic rings. The zero-order chi connectivity index (χ0) is 24.2. The number of nitrogens with zero attached hydrogens (tertiary/aromatic N) is 2. The quantitative estimate of drug-likeness (QED) is 0.235. The maximum atomic E-state index is 13.0. The van der Waals surface area contributed by atoms with Gasteiger partial charge in [0.25, 0.3) is 5.56 Å². The van der Waals surface area contributed by atoms with E-state index in [1.54, 1.807) is 10.6 Å². The summed E-state index contributed by atoms with van der Waals surface area (Å²) in [5.41, 5.74) is 2.30. The van der Waals surface area contributed by atoms with E-state index in [0.717, 1.165) is 0 Å². The molecule has 0 atom stereocenters. The fourth-order valence-corrected chi connectivity index (χ4v) is 5.14. The third-order valence-electron chi connectivity index (χ3n) is 5.47. The zero-order valence-corrected chi connectivity index (χ0v) is 20.6. The summed E-state index contributed by atoms with van der Waals surface area (Å²) in [6.07, 6.45) is 0. The van der Waals surface area contributed by atoms with E-state index in [0.29, 0.717) is 82.1 Å². The van der Waals surface area contributed by atoms with Crippen LogP contribution in [-0.2, 0) is 23.6 Å². The first-order valence-electron chi connectivity index (χ1n) is 11.4. The zero-order valence-electron chi connectivity index (χ0n) is 19.8. The van der Waals surface area contributed by atoms with Crippen molar-refractivity contribution in [2.75, 3.05) is 19.8 Å². The third kappa shape index (κ3) is 4.20. The summed E-state index contributed by atoms with van der Waals surface area (Å²) in [6.45, 7) is 9.32. The molecule has 0 radical (unpaired) electrons. The number of hydrogen-bond acceptors (Lipinski definition) is 8. The van der Waals surface area contributed by atoms with Gasteiger partial charge in [-0.1, -0.05) is 23.9 Å². The molecule has 0 saturated heterocycles. The highest BCUT2D eigenvalue weighted by Crippen LogP contribution is 2.49. The number of carbonyl (C=O) groups is 1. The Balaban J connectivity index is 1.85. The number of rotatable bonds is 10. The Hall–Kier alpha value is -3.20. The maximum absolute atomic E-state index is 13.0. The van der Waals surface area contributed by atoms with Crippen LogP contribution in [0, 0.1) is 0 Å². The molecule has 0 spiro atoms. The standard InChI is InChI=1S/C25H28N2O6S/c1-5-27-23(28)15-11-9-10-12-18(15)26-25(27)34-14-17-19-16(13-33-24(19)29)20(30-6-2)22(32-8-4)21(17)31-7-3/h9-12H,5-8,13-14H2,1-4H3. The molecule has 1 aromatic heterocycles. The van der Waals surface area contributed by atoms with Crippen molar-refractivity contribution in [3.05, 3.63) is 51.3 Å². The third-order valence-corrected chi connectivity index (χ3v) is 6.47. The summed E-state index contributed by atoms with van der Waals surface area (Å²) in [4.78, 5) is 30.5. The van der Waals surface area contributed by atoms with E-state index in [1.807, 2.05) is 45.9 Å². The van der Waals surface area contributed by atoms with E-state index in [-0.39, 0.29) is 12.2 Å². The van der Waals surface area contributed by atoms with Crippen molar-refractivity contribution in [1.29, 1.82) is 0 Å². The first-order valence-corrected chi connectivity index (χ1v) is 12.4. The van der Waals surface area contributed by atoms with Crippen LogP contribution < -0.4 is 19.8 Å². The summed E-state index contributed by atoms with van der Waals surface area (Å²) < 4.78 is 24.9. The maximum Gasteiger partial charge on any atom is 0.339 e. The average Bonchev–Trinajstić information content (AvgIpc) is 3.22. The van der Waals surface area contributed by atoms with Crippen LogP contribution in [-0.4, -0.2) is 35.3 Å². The molecule has 0 amide bonds. The second-order valence-electron chi connectivity index (χ2n) is 7.44. The van der Waals surface area contributed by atoms with E-state index in [9.17, 15) is 9.59 Å². The highest BCUT2D eigenvalue weighted by molar-refractivity contribution is 7.98. The van der Waals surface area contributed by atoms with Gasteiger partial charge in [-0.2, -0.15) is 0 Å². The number of esters is 1. The Kier molecular flexibility index (Phi) is 7.31. The number of ether oxygens (including phenoxy) is 4. The lowest BCUT2D eigenvalue weighted by Crippen LogP contribution is -2.22. The molecule has 0 N–H and O–H groups in total. The van der Waals surface area contributed by atoms with Gasteiger partial charge in [0.05, 0.1) is 41.9 Å². The summed E-state index contributed by atoms with van der Waals surface area (Å²) in [5.74, 6) is 1.33. The average molecular weight is 485 g/mol. The number of aromatic nitrogens is 2. The van der Waals surface area contributed by atoms with Gasteiger partial charge in [-0.25, -0.2) is 9.78 Å². The van der Waals surface area contributed by atoms with Crippen LogP contribution in [0.15, 0.2) is 34.2 Å². The van der Waals surface area contributed by atoms with E-state index in [2.05, 4.69) is 0 Å². The minimum Gasteiger partial charge on any atom is -0.489 e. The molecule has 0 bridgehead atoms. The summed E-state index contributed by atoms with van der Waals surface area (Å²) in [7, 11) is 0. The Bertz CT molecular complexity index is 1290. The SMILES string of the molecule is CCOc1c2c(c(CSc3nc4ccccc4c(=O)n3CC)c(OCC)c1OCC)C(=O)OC2. The molecule has 34 heavy (non-hydrogen) atoms. The number of thioether (sulfide) groups is 1. The minimum absolute atomic E-state index is 0.0908. The highest BCUT2D eigenvalue weighted by Gasteiger charge is 2.35. The van der Waals surface area contributed by atoms with Gasteiger partial charge < -0.3 is 18.9 Å². The fraction of sp³-hybridized carbons (Fsp3) is 0.400. The lowest BCUT2D eigenvalue weighted by molar-refractivity contribution is 0.0533. The van der Waals surface area contributed by atoms with E-state index in [1.165, 1.54) is 11.8 Å². The van der Waals surface area contributed by atoms with Crippen molar-refractivity contribution < 1.29 is 23.7 Å². The number of benzene rings is 2. The minimum atomic E-state index is -0.421. The monoisotopic (exact) mass is 484 g/mol. The van der Waals surface area contributed by atoms with Crippen molar-refractivity contribution in [3.8, 4) is 17.2 Å². The molecule has 2 heterocycles. The molecule has 180 valence electrons.